The van der Waals surface area contributed by atoms with E-state index in [-0.39, 0.29) is 6.03 Å². The number of halogens is 1. The van der Waals surface area contributed by atoms with Gasteiger partial charge in [-0.1, -0.05) is 62.9 Å². The van der Waals surface area contributed by atoms with Crippen molar-refractivity contribution in [2.75, 3.05) is 18.5 Å². The van der Waals surface area contributed by atoms with Crippen molar-refractivity contribution in [3.05, 3.63) is 53.8 Å². The molecule has 0 saturated carbocycles. The van der Waals surface area contributed by atoms with Crippen molar-refractivity contribution in [3.8, 4) is 11.3 Å². The number of hydrogen-bond donors (Lipinski definition) is 2. The van der Waals surface area contributed by atoms with Crippen LogP contribution in [0, 0.1) is 0 Å². The van der Waals surface area contributed by atoms with Crippen molar-refractivity contribution in [1.82, 2.24) is 10.3 Å². The third-order valence-corrected chi connectivity index (χ3v) is 4.94. The number of rotatable bonds is 12. The zero-order valence-electron chi connectivity index (χ0n) is 19.4. The Balaban J connectivity index is 2.04. The molecule has 2 rings (SSSR count). The summed E-state index contributed by atoms with van der Waals surface area (Å²) < 4.78 is 17.7. The normalized spacial score (nSPS) is 12.2. The van der Waals surface area contributed by atoms with Gasteiger partial charge in [0.25, 0.3) is 0 Å². The fraction of sp³-hybridized carbons (Fsp3) is 0.400. The highest BCUT2D eigenvalue weighted by atomic mass is 19.1. The number of pyridine rings is 1. The topological polar surface area (TPSA) is 91.8 Å². The highest BCUT2D eigenvalue weighted by molar-refractivity contribution is 5.91. The third kappa shape index (κ3) is 8.56. The number of carbonyl (C=O) groups excluding carboxylic acids is 1. The molecule has 1 atom stereocenters. The minimum atomic E-state index is -1.73. The minimum absolute atomic E-state index is 0.209. The summed E-state index contributed by atoms with van der Waals surface area (Å²) in [5, 5.41) is 12.1. The molecule has 0 saturated heterocycles. The molecular formula is C25H32FN3O4. The Labute approximate surface area is 194 Å². The maximum absolute atomic E-state index is 13.0. The molecule has 2 amide bonds. The number of benzene rings is 1. The molecule has 0 aliphatic carbocycles. The lowest BCUT2D eigenvalue weighted by Gasteiger charge is -2.18. The molecule has 2 aromatic rings. The van der Waals surface area contributed by atoms with E-state index in [0.29, 0.717) is 23.6 Å². The second kappa shape index (κ2) is 13.2. The average Bonchev–Trinajstić information content (AvgIpc) is 2.80. The van der Waals surface area contributed by atoms with E-state index in [1.54, 1.807) is 37.4 Å². The number of anilines is 1. The number of amides is 2. The first-order chi connectivity index (χ1) is 15.8. The fourth-order valence-corrected chi connectivity index (χ4v) is 3.14. The molecule has 0 aliphatic rings. The number of aromatic nitrogens is 1. The number of aliphatic carboxylic acids is 1. The fourth-order valence-electron chi connectivity index (χ4n) is 3.14. The molecule has 2 N–H and O–H groups in total. The van der Waals surface area contributed by atoms with Crippen molar-refractivity contribution in [3.63, 3.8) is 0 Å². The molecule has 178 valence electrons. The van der Waals surface area contributed by atoms with Gasteiger partial charge in [-0.25, -0.2) is 19.0 Å². The van der Waals surface area contributed by atoms with Crippen LogP contribution in [0.15, 0.2) is 48.2 Å². The summed E-state index contributed by atoms with van der Waals surface area (Å²) in [4.78, 5) is 29.7. The van der Waals surface area contributed by atoms with Crippen molar-refractivity contribution >= 4 is 23.9 Å². The molecule has 0 spiro atoms. The van der Waals surface area contributed by atoms with Gasteiger partial charge in [-0.2, -0.15) is 0 Å². The van der Waals surface area contributed by atoms with Crippen molar-refractivity contribution in [2.45, 2.75) is 52.3 Å². The number of carboxylic acids is 1. The number of urea groups is 1. The summed E-state index contributed by atoms with van der Waals surface area (Å²) in [6.45, 7) is 3.91. The largest absolute Gasteiger partial charge is 0.475 e. The number of alkyl halides is 1. The first-order valence-corrected chi connectivity index (χ1v) is 11.2. The van der Waals surface area contributed by atoms with Crippen LogP contribution in [0.2, 0.25) is 0 Å². The number of nitrogens with zero attached hydrogens (tertiary/aromatic N) is 2. The van der Waals surface area contributed by atoms with Crippen LogP contribution in [0.5, 0.6) is 0 Å². The van der Waals surface area contributed by atoms with Crippen molar-refractivity contribution < 1.29 is 23.8 Å². The van der Waals surface area contributed by atoms with Crippen LogP contribution in [0.3, 0.4) is 0 Å². The standard InChI is InChI=1S/C25H32FN3O4/c1-4-5-6-7-8-16-27-25(32)29(3)23-11-9-10-21(28-23)20-14-12-19(13-15-20)17-22(24(30)31)33-18(2)26/h9-15,17-18H,4-8,16H2,1-3H3,(H,27,32)(H,30,31). The van der Waals surface area contributed by atoms with Gasteiger partial charge < -0.3 is 15.2 Å². The molecule has 8 heteroatoms. The van der Waals surface area contributed by atoms with Gasteiger partial charge in [0.05, 0.1) is 5.69 Å². The molecule has 0 bridgehead atoms. The summed E-state index contributed by atoms with van der Waals surface area (Å²) in [5.74, 6) is -1.31. The predicted molar refractivity (Wildman–Crippen MR) is 128 cm³/mol. The number of carboxylic acid groups (broad SMARTS) is 1. The van der Waals surface area contributed by atoms with Crippen LogP contribution in [0.4, 0.5) is 15.0 Å². The first kappa shape index (κ1) is 25.8. The molecule has 0 radical (unpaired) electrons. The van der Waals surface area contributed by atoms with Crippen LogP contribution in [-0.2, 0) is 9.53 Å². The van der Waals surface area contributed by atoms with Gasteiger partial charge in [0.1, 0.15) is 5.82 Å². The van der Waals surface area contributed by atoms with E-state index < -0.39 is 18.1 Å². The van der Waals surface area contributed by atoms with Gasteiger partial charge in [0.15, 0.2) is 0 Å². The Hall–Kier alpha value is -3.42. The Morgan fingerprint density at radius 3 is 2.48 bits per heavy atom. The smallest absolute Gasteiger partial charge is 0.371 e. The molecule has 33 heavy (non-hydrogen) atoms. The highest BCUT2D eigenvalue weighted by Crippen LogP contribution is 2.22. The summed E-state index contributed by atoms with van der Waals surface area (Å²) in [7, 11) is 1.67. The van der Waals surface area contributed by atoms with Gasteiger partial charge in [-0.05, 0) is 30.2 Å². The van der Waals surface area contributed by atoms with Gasteiger partial charge in [0, 0.05) is 26.1 Å². The van der Waals surface area contributed by atoms with Crippen LogP contribution in [0.1, 0.15) is 51.5 Å². The van der Waals surface area contributed by atoms with Gasteiger partial charge in [-0.15, -0.1) is 0 Å². The van der Waals surface area contributed by atoms with E-state index in [0.717, 1.165) is 25.3 Å². The zero-order valence-corrected chi connectivity index (χ0v) is 19.4. The van der Waals surface area contributed by atoms with Crippen molar-refractivity contribution in [1.29, 1.82) is 0 Å². The lowest BCUT2D eigenvalue weighted by molar-refractivity contribution is -0.139. The number of hydrogen-bond acceptors (Lipinski definition) is 4. The number of ether oxygens (including phenoxy) is 1. The van der Waals surface area contributed by atoms with Crippen LogP contribution >= 0.6 is 0 Å². The Bertz CT molecular complexity index is 945. The van der Waals surface area contributed by atoms with Gasteiger partial charge >= 0.3 is 12.0 Å². The molecule has 1 aromatic heterocycles. The molecule has 0 fully saturated rings. The third-order valence-electron chi connectivity index (χ3n) is 4.94. The van der Waals surface area contributed by atoms with Crippen LogP contribution in [0.25, 0.3) is 17.3 Å². The number of nitrogens with one attached hydrogen (secondary N) is 1. The monoisotopic (exact) mass is 457 g/mol. The van der Waals surface area contributed by atoms with E-state index in [9.17, 15) is 14.0 Å². The van der Waals surface area contributed by atoms with Gasteiger partial charge in [0.2, 0.25) is 12.1 Å². The number of carbonyl (C=O) groups is 2. The molecule has 7 nitrogen and oxygen atoms in total. The molecule has 1 heterocycles. The van der Waals surface area contributed by atoms with E-state index in [4.69, 9.17) is 5.11 Å². The summed E-state index contributed by atoms with van der Waals surface area (Å²) >= 11 is 0. The maximum Gasteiger partial charge on any atom is 0.371 e. The average molecular weight is 458 g/mol. The molecule has 0 aliphatic heterocycles. The maximum atomic E-state index is 13.0. The Kier molecular flexibility index (Phi) is 10.3. The summed E-state index contributed by atoms with van der Waals surface area (Å²) in [5.41, 5.74) is 1.99. The first-order valence-electron chi connectivity index (χ1n) is 11.2. The molecular weight excluding hydrogens is 425 g/mol. The second-order valence-electron chi connectivity index (χ2n) is 7.68. The number of unbranched alkanes of at least 4 members (excludes halogenated alkanes) is 4. The molecule has 1 aromatic carbocycles. The lowest BCUT2D eigenvalue weighted by Crippen LogP contribution is -2.38. The van der Waals surface area contributed by atoms with Crippen LogP contribution < -0.4 is 10.2 Å². The van der Waals surface area contributed by atoms with E-state index in [2.05, 4.69) is 22.0 Å². The van der Waals surface area contributed by atoms with Crippen LogP contribution in [-0.4, -0.2) is 42.0 Å². The van der Waals surface area contributed by atoms with Crippen molar-refractivity contribution in [2.24, 2.45) is 0 Å². The summed E-state index contributed by atoms with van der Waals surface area (Å²) in [6.07, 6.45) is 5.16. The second-order valence-corrected chi connectivity index (χ2v) is 7.68. The Morgan fingerprint density at radius 1 is 1.15 bits per heavy atom. The lowest BCUT2D eigenvalue weighted by atomic mass is 10.1. The van der Waals surface area contributed by atoms with E-state index >= 15 is 0 Å². The Morgan fingerprint density at radius 2 is 1.85 bits per heavy atom. The zero-order chi connectivity index (χ0) is 24.2. The SMILES string of the molecule is CCCCCCCNC(=O)N(C)c1cccc(-c2ccc(C=C(OC(C)F)C(=O)O)cc2)n1. The quantitative estimate of drug-likeness (QED) is 0.245. The van der Waals surface area contributed by atoms with Gasteiger partial charge in [-0.3, -0.25) is 4.90 Å². The minimum Gasteiger partial charge on any atom is -0.475 e. The molecule has 1 unspecified atom stereocenters. The highest BCUT2D eigenvalue weighted by Gasteiger charge is 2.14. The van der Waals surface area contributed by atoms with E-state index in [1.807, 2.05) is 12.1 Å². The van der Waals surface area contributed by atoms with E-state index in [1.165, 1.54) is 30.2 Å². The predicted octanol–water partition coefficient (Wildman–Crippen LogP) is 5.62. The summed E-state index contributed by atoms with van der Waals surface area (Å²) in [6, 6.07) is 12.1.